The van der Waals surface area contributed by atoms with Gasteiger partial charge >= 0.3 is 5.97 Å². The topological polar surface area (TPSA) is 52.6 Å². The Balaban J connectivity index is 0. The van der Waals surface area contributed by atoms with Crippen LogP contribution in [0.4, 0.5) is 0 Å². The quantitative estimate of drug-likeness (QED) is 0.298. The largest absolute Gasteiger partial charge is 0.626 e. The second-order valence-corrected chi connectivity index (χ2v) is 1.61. The Morgan fingerprint density at radius 2 is 2.18 bits per heavy atom. The predicted octanol–water partition coefficient (Wildman–Crippen LogP) is 0.369. The zero-order valence-electron chi connectivity index (χ0n) is 6.33. The van der Waals surface area contributed by atoms with Crippen molar-refractivity contribution in [2.75, 3.05) is 6.79 Å². The molecule has 0 rings (SSSR count). The molecular weight excluding hydrogens is 225 g/mol. The van der Waals surface area contributed by atoms with Gasteiger partial charge in [-0.25, -0.2) is 0 Å². The van der Waals surface area contributed by atoms with E-state index >= 15 is 0 Å². The van der Waals surface area contributed by atoms with Crippen LogP contribution in [0.1, 0.15) is 19.8 Å². The van der Waals surface area contributed by atoms with Gasteiger partial charge < -0.3 is 14.3 Å². The Morgan fingerprint density at radius 3 is 2.64 bits per heavy atom. The van der Waals surface area contributed by atoms with Crippen molar-refractivity contribution in [3.8, 4) is 0 Å². The molecule has 0 saturated carbocycles. The molecule has 11 heavy (non-hydrogen) atoms. The van der Waals surface area contributed by atoms with Gasteiger partial charge in [0.25, 0.3) is 0 Å². The summed E-state index contributed by atoms with van der Waals surface area (Å²) in [6.07, 6.45) is 1.08. The van der Waals surface area contributed by atoms with Gasteiger partial charge in [0.05, 0.1) is 0 Å². The van der Waals surface area contributed by atoms with Crippen LogP contribution in [0.2, 0.25) is 0 Å². The van der Waals surface area contributed by atoms with E-state index in [1.54, 1.807) is 0 Å². The van der Waals surface area contributed by atoms with E-state index in [4.69, 9.17) is 0 Å². The summed E-state index contributed by atoms with van der Waals surface area (Å²) in [6.45, 7) is 2.66. The van der Waals surface area contributed by atoms with Crippen LogP contribution in [-0.2, 0) is 51.8 Å². The maximum Gasteiger partial charge on any atom is 0.308 e. The molecule has 0 saturated heterocycles. The van der Waals surface area contributed by atoms with Crippen molar-refractivity contribution in [2.24, 2.45) is 0 Å². The summed E-state index contributed by atoms with van der Waals surface area (Å²) in [5.41, 5.74) is 0. The first kappa shape index (κ1) is 13.6. The Labute approximate surface area is 90.5 Å². The third-order valence-corrected chi connectivity index (χ3v) is 0.792. The van der Waals surface area contributed by atoms with Crippen LogP contribution in [0.5, 0.6) is 0 Å². The maximum absolute atomic E-state index is 10.5. The van der Waals surface area contributed by atoms with Crippen molar-refractivity contribution in [1.29, 1.82) is 0 Å². The molecule has 0 bridgehead atoms. The van der Waals surface area contributed by atoms with Crippen LogP contribution in [-0.4, -0.2) is 19.2 Å². The molecule has 0 aliphatic carbocycles. The number of ether oxygens (including phenoxy) is 2. The van der Waals surface area contributed by atoms with E-state index in [1.807, 2.05) is 6.92 Å². The molecule has 5 heteroatoms. The molecule has 0 unspecified atom stereocenters. The SMILES string of the molecule is CCCC(=O)OCO[C-]=O.[Y]. The minimum atomic E-state index is -0.363. The standard InChI is InChI=1S/C6H9O4.Y/c1-2-3-6(8)10-5-9-4-7;/h2-3,5H2,1H3;/q-1;. The van der Waals surface area contributed by atoms with Crippen LogP contribution in [0.15, 0.2) is 0 Å². The molecule has 0 aromatic carbocycles. The zero-order valence-corrected chi connectivity index (χ0v) is 9.17. The van der Waals surface area contributed by atoms with E-state index in [0.29, 0.717) is 6.42 Å². The summed E-state index contributed by atoms with van der Waals surface area (Å²) in [5, 5.41) is 0. The Morgan fingerprint density at radius 1 is 1.55 bits per heavy atom. The van der Waals surface area contributed by atoms with Gasteiger partial charge in [0.1, 0.15) is 0 Å². The molecule has 0 amide bonds. The predicted molar refractivity (Wildman–Crippen MR) is 32.6 cm³/mol. The molecule has 0 heterocycles. The number of hydrogen-bond acceptors (Lipinski definition) is 4. The van der Waals surface area contributed by atoms with E-state index in [0.717, 1.165) is 12.9 Å². The first-order valence-electron chi connectivity index (χ1n) is 2.95. The molecule has 4 nitrogen and oxygen atoms in total. The summed E-state index contributed by atoms with van der Waals surface area (Å²) in [6, 6.07) is 0. The van der Waals surface area contributed by atoms with Gasteiger partial charge in [0, 0.05) is 39.1 Å². The van der Waals surface area contributed by atoms with Gasteiger partial charge in [-0.2, -0.15) is 0 Å². The third kappa shape index (κ3) is 10.0. The van der Waals surface area contributed by atoms with E-state index in [2.05, 4.69) is 9.47 Å². The van der Waals surface area contributed by atoms with Gasteiger partial charge in [-0.05, 0) is 6.42 Å². The molecule has 61 valence electrons. The monoisotopic (exact) mass is 234 g/mol. The smallest absolute Gasteiger partial charge is 0.308 e. The molecule has 0 spiro atoms. The molecule has 0 fully saturated rings. The van der Waals surface area contributed by atoms with Gasteiger partial charge in [-0.3, -0.25) is 4.79 Å². The first-order valence-corrected chi connectivity index (χ1v) is 2.95. The number of carbonyl (C=O) groups excluding carboxylic acids is 2. The second-order valence-electron chi connectivity index (χ2n) is 1.61. The summed E-state index contributed by atoms with van der Waals surface area (Å²) >= 11 is 0. The average Bonchev–Trinajstić information content (AvgIpc) is 1.89. The molecule has 1 radical (unpaired) electrons. The number of hydrogen-bond donors (Lipinski definition) is 0. The Bertz CT molecular complexity index is 115. The van der Waals surface area contributed by atoms with Gasteiger partial charge in [-0.1, -0.05) is 13.4 Å². The van der Waals surface area contributed by atoms with Crippen molar-refractivity contribution in [3.05, 3.63) is 0 Å². The fourth-order valence-electron chi connectivity index (χ4n) is 0.396. The number of carbonyl (C=O) groups is 1. The van der Waals surface area contributed by atoms with E-state index < -0.39 is 0 Å². The van der Waals surface area contributed by atoms with E-state index in [1.165, 1.54) is 0 Å². The summed E-state index contributed by atoms with van der Waals surface area (Å²) < 4.78 is 8.40. The minimum absolute atomic E-state index is 0. The van der Waals surface area contributed by atoms with Crippen molar-refractivity contribution in [1.82, 2.24) is 0 Å². The normalized spacial score (nSPS) is 7.73. The van der Waals surface area contributed by atoms with Crippen molar-refractivity contribution >= 4 is 12.4 Å². The van der Waals surface area contributed by atoms with E-state index in [9.17, 15) is 9.59 Å². The maximum atomic E-state index is 10.5. The third-order valence-electron chi connectivity index (χ3n) is 0.792. The molecular formula is C6H9O4Y-. The van der Waals surface area contributed by atoms with Gasteiger partial charge in [0.15, 0.2) is 0 Å². The van der Waals surface area contributed by atoms with Crippen LogP contribution < -0.4 is 0 Å². The molecule has 0 aromatic heterocycles. The summed E-state index contributed by atoms with van der Waals surface area (Å²) in [5.74, 6) is -0.363. The Hall–Kier alpha value is 0.0439. The van der Waals surface area contributed by atoms with Crippen molar-refractivity contribution in [3.63, 3.8) is 0 Å². The van der Waals surface area contributed by atoms with Crippen molar-refractivity contribution in [2.45, 2.75) is 19.8 Å². The van der Waals surface area contributed by atoms with Crippen LogP contribution in [0, 0.1) is 0 Å². The molecule has 0 N–H and O–H groups in total. The molecule has 0 atom stereocenters. The van der Waals surface area contributed by atoms with Gasteiger partial charge in [0.2, 0.25) is 6.79 Å². The number of esters is 1. The van der Waals surface area contributed by atoms with Crippen LogP contribution in [0.3, 0.4) is 0 Å². The number of rotatable bonds is 5. The first-order chi connectivity index (χ1) is 4.81. The fourth-order valence-corrected chi connectivity index (χ4v) is 0.396. The Kier molecular flexibility index (Phi) is 12.4. The minimum Gasteiger partial charge on any atom is -0.626 e. The molecule has 0 aliphatic rings. The summed E-state index contributed by atoms with van der Waals surface area (Å²) in [7, 11) is 0. The van der Waals surface area contributed by atoms with Crippen LogP contribution >= 0.6 is 0 Å². The average molecular weight is 234 g/mol. The molecule has 0 aromatic rings. The van der Waals surface area contributed by atoms with E-state index in [-0.39, 0.29) is 45.5 Å². The van der Waals surface area contributed by atoms with Crippen LogP contribution in [0.25, 0.3) is 0 Å². The summed E-state index contributed by atoms with van der Waals surface area (Å²) in [4.78, 5) is 19.9. The molecule has 0 aliphatic heterocycles. The fraction of sp³-hybridized carbons (Fsp3) is 0.667. The van der Waals surface area contributed by atoms with Gasteiger partial charge in [-0.15, -0.1) is 0 Å². The second kappa shape index (κ2) is 10.0. The zero-order chi connectivity index (χ0) is 7.82. The van der Waals surface area contributed by atoms with Crippen molar-refractivity contribution < 1.29 is 51.8 Å².